The van der Waals surface area contributed by atoms with Gasteiger partial charge in [0.2, 0.25) is 5.91 Å². The Hall–Kier alpha value is -3.35. The first-order valence-corrected chi connectivity index (χ1v) is 9.43. The molecule has 0 aliphatic rings. The normalized spacial score (nSPS) is 10.2. The molecule has 0 fully saturated rings. The Balaban J connectivity index is 1.69. The second-order valence-electron chi connectivity index (χ2n) is 6.53. The van der Waals surface area contributed by atoms with E-state index in [0.29, 0.717) is 23.7 Å². The molecule has 29 heavy (non-hydrogen) atoms. The number of hydrogen-bond acceptors (Lipinski definition) is 5. The fraction of sp³-hybridized carbons (Fsp3) is 0.318. The zero-order chi connectivity index (χ0) is 21.2. The maximum absolute atomic E-state index is 11.9. The van der Waals surface area contributed by atoms with E-state index < -0.39 is 18.5 Å². The van der Waals surface area contributed by atoms with Crippen molar-refractivity contribution in [1.82, 2.24) is 0 Å². The van der Waals surface area contributed by atoms with E-state index in [1.807, 2.05) is 32.9 Å². The third-order valence-electron chi connectivity index (χ3n) is 4.03. The summed E-state index contributed by atoms with van der Waals surface area (Å²) in [6.07, 6.45) is -0.148. The molecule has 0 bridgehead atoms. The first-order valence-electron chi connectivity index (χ1n) is 9.43. The molecular weight excluding hydrogens is 372 g/mol. The SMILES string of the molecule is CCOc1ccc(NC(=O)CCC(=O)OCC(=O)Nc2ccc(C)cc2C)cc1. The van der Waals surface area contributed by atoms with Gasteiger partial charge in [0, 0.05) is 17.8 Å². The molecule has 2 aromatic carbocycles. The lowest BCUT2D eigenvalue weighted by Gasteiger charge is -2.10. The molecular formula is C22H26N2O5. The lowest BCUT2D eigenvalue weighted by Crippen LogP contribution is -2.22. The van der Waals surface area contributed by atoms with E-state index in [1.165, 1.54) is 0 Å². The van der Waals surface area contributed by atoms with Crippen LogP contribution < -0.4 is 15.4 Å². The number of carbonyl (C=O) groups is 3. The van der Waals surface area contributed by atoms with Crippen molar-refractivity contribution >= 4 is 29.2 Å². The van der Waals surface area contributed by atoms with Gasteiger partial charge in [-0.2, -0.15) is 0 Å². The van der Waals surface area contributed by atoms with Crippen molar-refractivity contribution in [3.05, 3.63) is 53.6 Å². The van der Waals surface area contributed by atoms with Crippen molar-refractivity contribution in [1.29, 1.82) is 0 Å². The van der Waals surface area contributed by atoms with Gasteiger partial charge in [-0.15, -0.1) is 0 Å². The zero-order valence-corrected chi connectivity index (χ0v) is 16.9. The van der Waals surface area contributed by atoms with E-state index in [1.54, 1.807) is 30.3 Å². The van der Waals surface area contributed by atoms with Crippen molar-refractivity contribution in [3.8, 4) is 5.75 Å². The monoisotopic (exact) mass is 398 g/mol. The summed E-state index contributed by atoms with van der Waals surface area (Å²) in [4.78, 5) is 35.7. The number of amides is 2. The predicted molar refractivity (Wildman–Crippen MR) is 111 cm³/mol. The van der Waals surface area contributed by atoms with Crippen molar-refractivity contribution in [2.75, 3.05) is 23.8 Å². The van der Waals surface area contributed by atoms with E-state index in [9.17, 15) is 14.4 Å². The number of hydrogen-bond donors (Lipinski definition) is 2. The van der Waals surface area contributed by atoms with E-state index in [-0.39, 0.29) is 18.7 Å². The van der Waals surface area contributed by atoms with E-state index in [4.69, 9.17) is 9.47 Å². The van der Waals surface area contributed by atoms with Gasteiger partial charge < -0.3 is 20.1 Å². The van der Waals surface area contributed by atoms with Crippen LogP contribution in [0.4, 0.5) is 11.4 Å². The van der Waals surface area contributed by atoms with Crippen LogP contribution in [0.15, 0.2) is 42.5 Å². The van der Waals surface area contributed by atoms with Gasteiger partial charge in [0.05, 0.1) is 13.0 Å². The van der Waals surface area contributed by atoms with Crippen LogP contribution in [0.3, 0.4) is 0 Å². The Morgan fingerprint density at radius 2 is 1.62 bits per heavy atom. The summed E-state index contributed by atoms with van der Waals surface area (Å²) in [5.74, 6) is -0.634. The molecule has 0 unspecified atom stereocenters. The minimum Gasteiger partial charge on any atom is -0.494 e. The van der Waals surface area contributed by atoms with E-state index in [2.05, 4.69) is 10.6 Å². The Kier molecular flexibility index (Phi) is 8.21. The molecule has 7 heteroatoms. The molecule has 0 aliphatic carbocycles. The van der Waals surface area contributed by atoms with E-state index >= 15 is 0 Å². The number of carbonyl (C=O) groups excluding carboxylic acids is 3. The number of esters is 1. The third kappa shape index (κ3) is 7.65. The lowest BCUT2D eigenvalue weighted by molar-refractivity contribution is -0.147. The molecule has 2 N–H and O–H groups in total. The van der Waals surface area contributed by atoms with Crippen LogP contribution >= 0.6 is 0 Å². The van der Waals surface area contributed by atoms with Gasteiger partial charge in [-0.1, -0.05) is 17.7 Å². The Bertz CT molecular complexity index is 862. The fourth-order valence-electron chi connectivity index (χ4n) is 2.60. The third-order valence-corrected chi connectivity index (χ3v) is 4.03. The molecule has 2 rings (SSSR count). The Labute approximate surface area is 170 Å². The quantitative estimate of drug-likeness (QED) is 0.630. The number of nitrogens with one attached hydrogen (secondary N) is 2. The van der Waals surface area contributed by atoms with E-state index in [0.717, 1.165) is 11.1 Å². The van der Waals surface area contributed by atoms with Crippen LogP contribution in [0.1, 0.15) is 30.9 Å². The van der Waals surface area contributed by atoms with Crippen LogP contribution in [0.25, 0.3) is 0 Å². The highest BCUT2D eigenvalue weighted by atomic mass is 16.5. The maximum atomic E-state index is 11.9. The second-order valence-corrected chi connectivity index (χ2v) is 6.53. The zero-order valence-electron chi connectivity index (χ0n) is 16.9. The molecule has 2 aromatic rings. The average molecular weight is 398 g/mol. The van der Waals surface area contributed by atoms with Gasteiger partial charge in [-0.3, -0.25) is 14.4 Å². The standard InChI is InChI=1S/C22H26N2O5/c1-4-28-18-8-6-17(7-9-18)23-20(25)11-12-22(27)29-14-21(26)24-19-10-5-15(2)13-16(19)3/h5-10,13H,4,11-12,14H2,1-3H3,(H,23,25)(H,24,26). The highest BCUT2D eigenvalue weighted by Gasteiger charge is 2.12. The van der Waals surface area contributed by atoms with Gasteiger partial charge in [-0.05, 0) is 56.7 Å². The topological polar surface area (TPSA) is 93.7 Å². The predicted octanol–water partition coefficient (Wildman–Crippen LogP) is 3.60. The number of aryl methyl sites for hydroxylation is 2. The van der Waals surface area contributed by atoms with Crippen molar-refractivity contribution in [2.45, 2.75) is 33.6 Å². The van der Waals surface area contributed by atoms with Crippen molar-refractivity contribution < 1.29 is 23.9 Å². The highest BCUT2D eigenvalue weighted by Crippen LogP contribution is 2.17. The average Bonchev–Trinajstić information content (AvgIpc) is 2.69. The molecule has 0 atom stereocenters. The van der Waals surface area contributed by atoms with Crippen LogP contribution in [-0.4, -0.2) is 31.0 Å². The molecule has 0 aliphatic heterocycles. The molecule has 0 spiro atoms. The Morgan fingerprint density at radius 1 is 0.897 bits per heavy atom. The number of rotatable bonds is 9. The summed E-state index contributed by atoms with van der Waals surface area (Å²) >= 11 is 0. The molecule has 0 saturated heterocycles. The molecule has 0 radical (unpaired) electrons. The van der Waals surface area contributed by atoms with Crippen LogP contribution in [-0.2, 0) is 19.1 Å². The van der Waals surface area contributed by atoms with Crippen molar-refractivity contribution in [3.63, 3.8) is 0 Å². The highest BCUT2D eigenvalue weighted by molar-refractivity contribution is 5.94. The summed E-state index contributed by atoms with van der Waals surface area (Å²) in [5, 5.41) is 5.39. The maximum Gasteiger partial charge on any atom is 0.306 e. The minimum atomic E-state index is -0.609. The summed E-state index contributed by atoms with van der Waals surface area (Å²) < 4.78 is 10.3. The van der Waals surface area contributed by atoms with Gasteiger partial charge in [-0.25, -0.2) is 0 Å². The van der Waals surface area contributed by atoms with Gasteiger partial charge in [0.1, 0.15) is 5.75 Å². The number of anilines is 2. The van der Waals surface area contributed by atoms with Crippen molar-refractivity contribution in [2.24, 2.45) is 0 Å². The molecule has 0 saturated carbocycles. The summed E-state index contributed by atoms with van der Waals surface area (Å²) in [7, 11) is 0. The number of ether oxygens (including phenoxy) is 2. The second kappa shape index (κ2) is 10.8. The molecule has 2 amide bonds. The first-order chi connectivity index (χ1) is 13.9. The molecule has 7 nitrogen and oxygen atoms in total. The summed E-state index contributed by atoms with van der Waals surface area (Å²) in [5.41, 5.74) is 3.30. The van der Waals surface area contributed by atoms with Crippen LogP contribution in [0.2, 0.25) is 0 Å². The summed E-state index contributed by atoms with van der Waals surface area (Å²) in [6.45, 7) is 5.91. The smallest absolute Gasteiger partial charge is 0.306 e. The van der Waals surface area contributed by atoms with Gasteiger partial charge in [0.25, 0.3) is 5.91 Å². The van der Waals surface area contributed by atoms with Gasteiger partial charge >= 0.3 is 5.97 Å². The largest absolute Gasteiger partial charge is 0.494 e. The first kappa shape index (κ1) is 21.9. The Morgan fingerprint density at radius 3 is 2.28 bits per heavy atom. The van der Waals surface area contributed by atoms with Crippen LogP contribution in [0, 0.1) is 13.8 Å². The molecule has 154 valence electrons. The van der Waals surface area contributed by atoms with Crippen LogP contribution in [0.5, 0.6) is 5.75 Å². The molecule has 0 aromatic heterocycles. The fourth-order valence-corrected chi connectivity index (χ4v) is 2.60. The molecule has 0 heterocycles. The minimum absolute atomic E-state index is 0.0370. The lowest BCUT2D eigenvalue weighted by atomic mass is 10.1. The number of benzene rings is 2. The van der Waals surface area contributed by atoms with Gasteiger partial charge in [0.15, 0.2) is 6.61 Å². The summed E-state index contributed by atoms with van der Waals surface area (Å²) in [6, 6.07) is 12.6.